The molecule has 12 nitrogen and oxygen atoms in total. The Labute approximate surface area is 201 Å². The average Bonchev–Trinajstić information content (AvgIpc) is 2.85. The van der Waals surface area contributed by atoms with Crippen molar-refractivity contribution in [2.24, 2.45) is 0 Å². The van der Waals surface area contributed by atoms with Gasteiger partial charge < -0.3 is 20.5 Å². The van der Waals surface area contributed by atoms with Crippen molar-refractivity contribution < 1.29 is 33.4 Å². The van der Waals surface area contributed by atoms with Crippen molar-refractivity contribution in [1.29, 1.82) is 0 Å². The highest BCUT2D eigenvalue weighted by Crippen LogP contribution is 2.34. The van der Waals surface area contributed by atoms with E-state index in [4.69, 9.17) is 4.74 Å². The van der Waals surface area contributed by atoms with E-state index in [1.807, 2.05) is 6.07 Å². The molecule has 13 heteroatoms. The predicted molar refractivity (Wildman–Crippen MR) is 123 cm³/mol. The topological polar surface area (TPSA) is 168 Å². The van der Waals surface area contributed by atoms with E-state index < -0.39 is 56.4 Å². The van der Waals surface area contributed by atoms with Gasteiger partial charge >= 0.3 is 5.97 Å². The lowest BCUT2D eigenvalue weighted by Gasteiger charge is -2.48. The van der Waals surface area contributed by atoms with E-state index >= 15 is 0 Å². The number of aliphatic hydroxyl groups is 1. The lowest BCUT2D eigenvalue weighted by Crippen LogP contribution is -2.73. The van der Waals surface area contributed by atoms with Gasteiger partial charge in [0.2, 0.25) is 5.91 Å². The number of aliphatic hydroxyl groups excluding tert-OH is 1. The predicted octanol–water partition coefficient (Wildman–Crippen LogP) is 0.935. The summed E-state index contributed by atoms with van der Waals surface area (Å²) in [5, 5.41) is 25.4. The van der Waals surface area contributed by atoms with Crippen molar-refractivity contribution in [2.75, 3.05) is 17.6 Å². The van der Waals surface area contributed by atoms with Crippen LogP contribution in [0, 0.1) is 10.1 Å². The number of nitro groups is 1. The highest BCUT2D eigenvalue weighted by Gasteiger charge is 2.57. The van der Waals surface area contributed by atoms with E-state index in [2.05, 4.69) is 10.6 Å². The van der Waals surface area contributed by atoms with Crippen LogP contribution in [-0.4, -0.2) is 60.6 Å². The van der Waals surface area contributed by atoms with Crippen molar-refractivity contribution in [2.45, 2.75) is 18.0 Å². The summed E-state index contributed by atoms with van der Waals surface area (Å²) >= 11 is 0. The van der Waals surface area contributed by atoms with Gasteiger partial charge in [0, 0.05) is 17.8 Å². The molecule has 0 spiro atoms. The SMILES string of the molecule is O=C(CNc1ccccc1)NC1C(=O)N2C(C(=O)OCc3ccc([N+](=O)[O-])cc3)=C(O)CS(=O)[C@@H]12. The first kappa shape index (κ1) is 23.9. The molecule has 2 amide bonds. The molecule has 182 valence electrons. The van der Waals surface area contributed by atoms with E-state index in [1.165, 1.54) is 24.3 Å². The number of benzene rings is 2. The van der Waals surface area contributed by atoms with E-state index in [0.29, 0.717) is 11.3 Å². The number of non-ortho nitro benzene ring substituents is 1. The molecule has 1 saturated heterocycles. The van der Waals surface area contributed by atoms with Crippen LogP contribution in [0.25, 0.3) is 0 Å². The summed E-state index contributed by atoms with van der Waals surface area (Å²) in [5.74, 6) is -3.18. The van der Waals surface area contributed by atoms with Crippen molar-refractivity contribution in [3.8, 4) is 0 Å². The molecule has 0 aliphatic carbocycles. The smallest absolute Gasteiger partial charge is 0.358 e. The molecule has 0 bridgehead atoms. The first-order valence-electron chi connectivity index (χ1n) is 10.4. The summed E-state index contributed by atoms with van der Waals surface area (Å²) in [6.07, 6.45) is 0. The number of nitro benzene ring substituents is 1. The number of rotatable bonds is 8. The molecule has 2 unspecified atom stereocenters. The average molecular weight is 500 g/mol. The van der Waals surface area contributed by atoms with Crippen LogP contribution in [0.15, 0.2) is 66.1 Å². The van der Waals surface area contributed by atoms with Crippen molar-refractivity contribution in [3.05, 3.63) is 81.7 Å². The number of carbonyl (C=O) groups is 3. The van der Waals surface area contributed by atoms with Crippen LogP contribution >= 0.6 is 0 Å². The Morgan fingerprint density at radius 3 is 2.51 bits per heavy atom. The lowest BCUT2D eigenvalue weighted by atomic mass is 10.0. The fourth-order valence-electron chi connectivity index (χ4n) is 3.64. The number of para-hydroxylation sites is 1. The van der Waals surface area contributed by atoms with E-state index in [9.17, 15) is 33.8 Å². The fourth-order valence-corrected chi connectivity index (χ4v) is 5.15. The quantitative estimate of drug-likeness (QED) is 0.207. The standard InChI is InChI=1S/C22H20N4O8S/c27-16-12-35(33)21-18(24-17(28)10-23-14-4-2-1-3-5-14)20(29)25(21)19(16)22(30)34-11-13-6-8-15(9-7-13)26(31)32/h1-9,18,21,23,27H,10-12H2,(H,24,28)/t18?,21-,35?/m0/s1. The highest BCUT2D eigenvalue weighted by molar-refractivity contribution is 7.86. The first-order valence-corrected chi connectivity index (χ1v) is 11.8. The number of β-lactam (4-membered cyclic amide) rings is 1. The summed E-state index contributed by atoms with van der Waals surface area (Å²) in [5.41, 5.74) is 0.591. The minimum absolute atomic E-state index is 0.127. The molecule has 2 aromatic rings. The Hall–Kier alpha value is -4.26. The maximum atomic E-state index is 12.7. The van der Waals surface area contributed by atoms with Gasteiger partial charge in [-0.05, 0) is 29.8 Å². The summed E-state index contributed by atoms with van der Waals surface area (Å²) in [4.78, 5) is 48.7. The van der Waals surface area contributed by atoms with Gasteiger partial charge in [-0.3, -0.25) is 28.8 Å². The molecule has 1 fully saturated rings. The lowest BCUT2D eigenvalue weighted by molar-refractivity contribution is -0.384. The van der Waals surface area contributed by atoms with Gasteiger partial charge in [-0.2, -0.15) is 0 Å². The Kier molecular flexibility index (Phi) is 6.78. The van der Waals surface area contributed by atoms with E-state index in [0.717, 1.165) is 4.90 Å². The monoisotopic (exact) mass is 500 g/mol. The van der Waals surface area contributed by atoms with Gasteiger partial charge in [0.1, 0.15) is 23.8 Å². The third-order valence-electron chi connectivity index (χ3n) is 5.36. The largest absolute Gasteiger partial charge is 0.509 e. The summed E-state index contributed by atoms with van der Waals surface area (Å²) < 4.78 is 17.7. The summed E-state index contributed by atoms with van der Waals surface area (Å²) in [6.45, 7) is -0.396. The Bertz CT molecular complexity index is 1230. The van der Waals surface area contributed by atoms with E-state index in [-0.39, 0.29) is 24.6 Å². The van der Waals surface area contributed by atoms with Gasteiger partial charge in [0.05, 0.1) is 28.0 Å². The fraction of sp³-hybridized carbons (Fsp3) is 0.227. The number of hydrogen-bond donors (Lipinski definition) is 3. The zero-order valence-corrected chi connectivity index (χ0v) is 18.9. The number of esters is 1. The molecule has 0 radical (unpaired) electrons. The molecule has 35 heavy (non-hydrogen) atoms. The molecule has 0 saturated carbocycles. The third kappa shape index (κ3) is 4.99. The minimum atomic E-state index is -1.76. The first-order chi connectivity index (χ1) is 16.8. The second kappa shape index (κ2) is 9.93. The number of ether oxygens (including phenoxy) is 1. The number of nitrogens with one attached hydrogen (secondary N) is 2. The number of carbonyl (C=O) groups excluding carboxylic acids is 3. The molecule has 2 aliphatic rings. The second-order valence-electron chi connectivity index (χ2n) is 7.68. The third-order valence-corrected chi connectivity index (χ3v) is 6.94. The van der Waals surface area contributed by atoms with Crippen molar-refractivity contribution >= 4 is 40.0 Å². The highest BCUT2D eigenvalue weighted by atomic mass is 32.2. The van der Waals surface area contributed by atoms with Gasteiger partial charge in [-0.1, -0.05) is 18.2 Å². The number of anilines is 1. The number of hydrogen-bond acceptors (Lipinski definition) is 9. The molecule has 4 rings (SSSR count). The molecule has 2 heterocycles. The molecule has 2 aliphatic heterocycles. The zero-order valence-electron chi connectivity index (χ0n) is 18.1. The molecular formula is C22H20N4O8S. The maximum Gasteiger partial charge on any atom is 0.358 e. The van der Waals surface area contributed by atoms with Gasteiger partial charge in [-0.15, -0.1) is 0 Å². The molecule has 0 aromatic heterocycles. The number of amides is 2. The van der Waals surface area contributed by atoms with Crippen LogP contribution < -0.4 is 10.6 Å². The normalized spacial score (nSPS) is 21.0. The van der Waals surface area contributed by atoms with Crippen LogP contribution in [-0.2, 0) is 36.5 Å². The minimum Gasteiger partial charge on any atom is -0.509 e. The van der Waals surface area contributed by atoms with Crippen LogP contribution in [0.4, 0.5) is 11.4 Å². The Morgan fingerprint density at radius 1 is 1.17 bits per heavy atom. The zero-order chi connectivity index (χ0) is 25.1. The van der Waals surface area contributed by atoms with Crippen molar-refractivity contribution in [3.63, 3.8) is 0 Å². The Balaban J connectivity index is 1.38. The van der Waals surface area contributed by atoms with Gasteiger partial charge in [0.25, 0.3) is 11.6 Å². The summed E-state index contributed by atoms with van der Waals surface area (Å²) in [7, 11) is -1.76. The molecule has 3 atom stereocenters. The van der Waals surface area contributed by atoms with Crippen LogP contribution in [0.2, 0.25) is 0 Å². The van der Waals surface area contributed by atoms with Gasteiger partial charge in [-0.25, -0.2) is 4.79 Å². The summed E-state index contributed by atoms with van der Waals surface area (Å²) in [6, 6.07) is 13.1. The van der Waals surface area contributed by atoms with Crippen LogP contribution in [0.3, 0.4) is 0 Å². The van der Waals surface area contributed by atoms with Crippen LogP contribution in [0.1, 0.15) is 5.56 Å². The van der Waals surface area contributed by atoms with E-state index in [1.54, 1.807) is 24.3 Å². The maximum absolute atomic E-state index is 12.7. The molecule has 2 aromatic carbocycles. The Morgan fingerprint density at radius 2 is 1.86 bits per heavy atom. The number of nitrogens with zero attached hydrogens (tertiary/aromatic N) is 2. The van der Waals surface area contributed by atoms with Gasteiger partial charge in [0.15, 0.2) is 5.70 Å². The second-order valence-corrected chi connectivity index (χ2v) is 9.22. The number of fused-ring (bicyclic) bond motifs is 1. The molecule has 3 N–H and O–H groups in total. The van der Waals surface area contributed by atoms with Crippen molar-refractivity contribution in [1.82, 2.24) is 10.2 Å². The molecular weight excluding hydrogens is 480 g/mol. The van der Waals surface area contributed by atoms with Crippen LogP contribution in [0.5, 0.6) is 0 Å².